The van der Waals surface area contributed by atoms with Gasteiger partial charge in [-0.3, -0.25) is 0 Å². The second kappa shape index (κ2) is 5.61. The molecule has 0 aromatic carbocycles. The van der Waals surface area contributed by atoms with Gasteiger partial charge in [0, 0.05) is 23.9 Å². The van der Waals surface area contributed by atoms with E-state index < -0.39 is 0 Å². The molecule has 3 heterocycles. The van der Waals surface area contributed by atoms with E-state index in [0.29, 0.717) is 11.0 Å². The van der Waals surface area contributed by atoms with E-state index in [-0.39, 0.29) is 6.23 Å². The minimum absolute atomic E-state index is 0.00542. The molecule has 1 unspecified atom stereocenters. The van der Waals surface area contributed by atoms with E-state index in [1.807, 2.05) is 10.9 Å². The van der Waals surface area contributed by atoms with E-state index in [1.54, 1.807) is 18.3 Å². The zero-order valence-electron chi connectivity index (χ0n) is 10.8. The van der Waals surface area contributed by atoms with Crippen LogP contribution in [0.15, 0.2) is 24.5 Å². The Kier molecular flexibility index (Phi) is 3.68. The Bertz CT molecular complexity index is 655. The van der Waals surface area contributed by atoms with E-state index in [4.69, 9.17) is 22.9 Å². The molecule has 1 atom stereocenters. The third-order valence-corrected chi connectivity index (χ3v) is 3.52. The van der Waals surface area contributed by atoms with Gasteiger partial charge in [0.05, 0.1) is 6.20 Å². The van der Waals surface area contributed by atoms with Crippen molar-refractivity contribution in [1.29, 1.82) is 0 Å². The lowest BCUT2D eigenvalue weighted by Gasteiger charge is -2.22. The number of aromatic nitrogens is 3. The number of hydrogen-bond acceptors (Lipinski definition) is 3. The highest BCUT2D eigenvalue weighted by Gasteiger charge is 2.18. The molecule has 102 valence electrons. The van der Waals surface area contributed by atoms with Crippen molar-refractivity contribution in [1.82, 2.24) is 14.8 Å². The van der Waals surface area contributed by atoms with E-state index in [9.17, 15) is 0 Å². The summed E-state index contributed by atoms with van der Waals surface area (Å²) in [6.07, 6.45) is 6.85. The molecule has 20 heavy (non-hydrogen) atoms. The first-order valence-electron chi connectivity index (χ1n) is 6.48. The molecule has 3 rings (SSSR count). The monoisotopic (exact) mass is 288 g/mol. The van der Waals surface area contributed by atoms with Gasteiger partial charge in [-0.25, -0.2) is 4.68 Å². The summed E-state index contributed by atoms with van der Waals surface area (Å²) in [6.45, 7) is 7.96. The van der Waals surface area contributed by atoms with Gasteiger partial charge < -0.3 is 9.58 Å². The number of halogens is 1. The van der Waals surface area contributed by atoms with Crippen LogP contribution in [0.4, 0.5) is 5.82 Å². The van der Waals surface area contributed by atoms with Crippen molar-refractivity contribution in [3.05, 3.63) is 41.1 Å². The topological polar surface area (TPSA) is 44.3 Å². The fraction of sp³-hybridized carbons (Fsp3) is 0.357. The quantitative estimate of drug-likeness (QED) is 0.623. The molecule has 1 aliphatic heterocycles. The van der Waals surface area contributed by atoms with Gasteiger partial charge in [-0.2, -0.15) is 5.10 Å². The highest BCUT2D eigenvalue weighted by molar-refractivity contribution is 6.29. The summed E-state index contributed by atoms with van der Waals surface area (Å²) >= 11 is 5.81. The normalized spacial score (nSPS) is 18.7. The molecule has 0 radical (unpaired) electrons. The van der Waals surface area contributed by atoms with Crippen LogP contribution in [0.2, 0.25) is 5.15 Å². The molecule has 6 heteroatoms. The number of rotatable bonds is 2. The maximum Gasteiger partial charge on any atom is 0.279 e. The van der Waals surface area contributed by atoms with Crippen LogP contribution < -0.4 is 0 Å². The molecule has 0 amide bonds. The van der Waals surface area contributed by atoms with Crippen LogP contribution in [0.3, 0.4) is 0 Å². The van der Waals surface area contributed by atoms with E-state index in [1.165, 1.54) is 0 Å². The Morgan fingerprint density at radius 1 is 1.40 bits per heavy atom. The maximum absolute atomic E-state index is 7.19. The van der Waals surface area contributed by atoms with E-state index >= 15 is 0 Å². The highest BCUT2D eigenvalue weighted by Crippen LogP contribution is 2.31. The first kappa shape index (κ1) is 13.1. The van der Waals surface area contributed by atoms with Gasteiger partial charge in [-0.05, 0) is 36.9 Å². The van der Waals surface area contributed by atoms with Gasteiger partial charge in [0.1, 0.15) is 6.23 Å². The van der Waals surface area contributed by atoms with Gasteiger partial charge in [0.25, 0.3) is 5.82 Å². The summed E-state index contributed by atoms with van der Waals surface area (Å²) < 4.78 is 7.51. The van der Waals surface area contributed by atoms with Gasteiger partial charge >= 0.3 is 0 Å². The Balaban J connectivity index is 1.92. The number of pyridine rings is 1. The molecule has 1 aliphatic rings. The van der Waals surface area contributed by atoms with Crippen molar-refractivity contribution in [2.24, 2.45) is 0 Å². The van der Waals surface area contributed by atoms with E-state index in [2.05, 4.69) is 14.9 Å². The summed E-state index contributed by atoms with van der Waals surface area (Å²) in [5.74, 6) is 0.293. The molecule has 2 aromatic heterocycles. The van der Waals surface area contributed by atoms with Crippen LogP contribution >= 0.6 is 11.6 Å². The van der Waals surface area contributed by atoms with Gasteiger partial charge in [-0.1, -0.05) is 12.6 Å². The molecular weight excluding hydrogens is 276 g/mol. The van der Waals surface area contributed by atoms with Crippen molar-refractivity contribution >= 4 is 17.4 Å². The van der Waals surface area contributed by atoms with Gasteiger partial charge in [0.15, 0.2) is 0 Å². The summed E-state index contributed by atoms with van der Waals surface area (Å²) in [5.41, 5.74) is 1.60. The molecule has 0 aliphatic carbocycles. The lowest BCUT2D eigenvalue weighted by atomic mass is 10.1. The van der Waals surface area contributed by atoms with Crippen molar-refractivity contribution in [2.45, 2.75) is 25.5 Å². The summed E-state index contributed by atoms with van der Waals surface area (Å²) in [6, 6.07) is 3.48. The molecular formula is C14H13ClN4O. The predicted molar refractivity (Wildman–Crippen MR) is 75.6 cm³/mol. The van der Waals surface area contributed by atoms with Crippen molar-refractivity contribution in [2.75, 3.05) is 6.61 Å². The predicted octanol–water partition coefficient (Wildman–Crippen LogP) is 3.85. The Hall–Kier alpha value is -1.90. The summed E-state index contributed by atoms with van der Waals surface area (Å²) in [4.78, 5) is 7.45. The van der Waals surface area contributed by atoms with E-state index in [0.717, 1.165) is 37.0 Å². The molecule has 0 N–H and O–H groups in total. The van der Waals surface area contributed by atoms with Crippen molar-refractivity contribution in [3.8, 4) is 11.1 Å². The van der Waals surface area contributed by atoms with Crippen LogP contribution in [0.1, 0.15) is 25.5 Å². The van der Waals surface area contributed by atoms with Crippen LogP contribution in [0, 0.1) is 6.57 Å². The third-order valence-electron chi connectivity index (χ3n) is 3.31. The second-order valence-corrected chi connectivity index (χ2v) is 5.03. The Morgan fingerprint density at radius 3 is 3.05 bits per heavy atom. The molecule has 0 bridgehead atoms. The minimum Gasteiger partial charge on any atom is -0.360 e. The molecule has 1 fully saturated rings. The van der Waals surface area contributed by atoms with Crippen LogP contribution in [0.5, 0.6) is 0 Å². The standard InChI is InChI=1S/C14H13ClN4O/c1-16-14-11(5-6-12(15)18-14)10-8-17-19(9-10)13-4-2-3-7-20-13/h5-6,8-9,13H,2-4,7H2. The molecule has 5 nitrogen and oxygen atoms in total. The van der Waals surface area contributed by atoms with Gasteiger partial charge in [0.2, 0.25) is 5.15 Å². The molecule has 2 aromatic rings. The van der Waals surface area contributed by atoms with Crippen molar-refractivity contribution in [3.63, 3.8) is 0 Å². The number of nitrogens with zero attached hydrogens (tertiary/aromatic N) is 4. The zero-order chi connectivity index (χ0) is 13.9. The maximum atomic E-state index is 7.19. The number of ether oxygens (including phenoxy) is 1. The fourth-order valence-electron chi connectivity index (χ4n) is 2.30. The number of hydrogen-bond donors (Lipinski definition) is 0. The van der Waals surface area contributed by atoms with Crippen LogP contribution in [0.25, 0.3) is 16.0 Å². The largest absolute Gasteiger partial charge is 0.360 e. The SMILES string of the molecule is [C-]#[N+]c1nc(Cl)ccc1-c1cnn(C2CCCCO2)c1. The van der Waals surface area contributed by atoms with Crippen LogP contribution in [-0.2, 0) is 4.74 Å². The van der Waals surface area contributed by atoms with Crippen LogP contribution in [-0.4, -0.2) is 21.4 Å². The smallest absolute Gasteiger partial charge is 0.279 e. The van der Waals surface area contributed by atoms with Gasteiger partial charge in [-0.15, -0.1) is 4.98 Å². The second-order valence-electron chi connectivity index (χ2n) is 4.65. The fourth-order valence-corrected chi connectivity index (χ4v) is 2.45. The minimum atomic E-state index is -0.00542. The first-order valence-corrected chi connectivity index (χ1v) is 6.86. The average Bonchev–Trinajstić information content (AvgIpc) is 2.97. The Labute approximate surface area is 122 Å². The lowest BCUT2D eigenvalue weighted by Crippen LogP contribution is -2.18. The summed E-state index contributed by atoms with van der Waals surface area (Å²) in [5, 5.41) is 4.66. The highest BCUT2D eigenvalue weighted by atomic mass is 35.5. The lowest BCUT2D eigenvalue weighted by molar-refractivity contribution is -0.0394. The molecule has 0 saturated carbocycles. The summed E-state index contributed by atoms with van der Waals surface area (Å²) in [7, 11) is 0. The van der Waals surface area contributed by atoms with Crippen molar-refractivity contribution < 1.29 is 4.74 Å². The first-order chi connectivity index (χ1) is 9.78. The molecule has 0 spiro atoms. The zero-order valence-corrected chi connectivity index (χ0v) is 11.5. The Morgan fingerprint density at radius 2 is 2.30 bits per heavy atom. The third kappa shape index (κ3) is 2.53. The molecule has 1 saturated heterocycles. The average molecular weight is 289 g/mol.